The zero-order valence-corrected chi connectivity index (χ0v) is 11.4. The van der Waals surface area contributed by atoms with Crippen LogP contribution in [-0.4, -0.2) is 43.9 Å². The molecule has 0 unspecified atom stereocenters. The maximum absolute atomic E-state index is 5.95. The van der Waals surface area contributed by atoms with Crippen LogP contribution >= 0.6 is 0 Å². The summed E-state index contributed by atoms with van der Waals surface area (Å²) in [5, 5.41) is 8.42. The minimum Gasteiger partial charge on any atom is -0.339 e. The van der Waals surface area contributed by atoms with Gasteiger partial charge in [0, 0.05) is 37.1 Å². The Hall–Kier alpha value is -2.54. The Morgan fingerprint density at radius 2 is 2.14 bits per heavy atom. The Bertz CT molecular complexity index is 782. The van der Waals surface area contributed by atoms with Gasteiger partial charge < -0.3 is 10.6 Å². The summed E-state index contributed by atoms with van der Waals surface area (Å²) in [6.07, 6.45) is 6.25. The van der Waals surface area contributed by atoms with Gasteiger partial charge in [-0.25, -0.2) is 9.97 Å². The molecule has 106 valence electrons. The summed E-state index contributed by atoms with van der Waals surface area (Å²) in [7, 11) is 0. The summed E-state index contributed by atoms with van der Waals surface area (Å²) >= 11 is 0. The topological polar surface area (TPSA) is 85.2 Å². The molecule has 2 N–H and O–H groups in total. The number of aromatic nitrogens is 5. The molecule has 4 rings (SSSR count). The van der Waals surface area contributed by atoms with Gasteiger partial charge >= 0.3 is 0 Å². The molecule has 7 nitrogen and oxygen atoms in total. The Labute approximate surface area is 121 Å². The molecular formula is C14H15N7. The zero-order valence-electron chi connectivity index (χ0n) is 11.4. The van der Waals surface area contributed by atoms with E-state index in [4.69, 9.17) is 5.73 Å². The molecule has 0 spiro atoms. The third kappa shape index (κ3) is 2.11. The van der Waals surface area contributed by atoms with Crippen molar-refractivity contribution < 1.29 is 0 Å². The Morgan fingerprint density at radius 3 is 3.00 bits per heavy atom. The number of hydrogen-bond acceptors (Lipinski definition) is 6. The fourth-order valence-electron chi connectivity index (χ4n) is 2.65. The predicted octanol–water partition coefficient (Wildman–Crippen LogP) is 0.724. The van der Waals surface area contributed by atoms with E-state index in [0.717, 1.165) is 42.2 Å². The lowest BCUT2D eigenvalue weighted by atomic mass is 10.2. The third-order valence-electron chi connectivity index (χ3n) is 3.73. The smallest absolute Gasteiger partial charge is 0.225 e. The van der Waals surface area contributed by atoms with E-state index in [0.29, 0.717) is 0 Å². The molecule has 1 fully saturated rings. The summed E-state index contributed by atoms with van der Waals surface area (Å²) in [5.74, 6) is 0.726. The van der Waals surface area contributed by atoms with E-state index in [1.807, 2.05) is 18.2 Å². The van der Waals surface area contributed by atoms with Gasteiger partial charge in [0.25, 0.3) is 0 Å². The van der Waals surface area contributed by atoms with Crippen molar-refractivity contribution in [3.8, 4) is 11.3 Å². The van der Waals surface area contributed by atoms with Crippen LogP contribution in [-0.2, 0) is 0 Å². The highest BCUT2D eigenvalue weighted by atomic mass is 15.4. The van der Waals surface area contributed by atoms with Gasteiger partial charge in [-0.15, -0.1) is 0 Å². The first-order valence-corrected chi connectivity index (χ1v) is 6.94. The third-order valence-corrected chi connectivity index (χ3v) is 3.73. The van der Waals surface area contributed by atoms with Gasteiger partial charge in [-0.1, -0.05) is 0 Å². The first-order chi connectivity index (χ1) is 10.3. The first-order valence-electron chi connectivity index (χ1n) is 6.94. The highest BCUT2D eigenvalue weighted by molar-refractivity contribution is 5.77. The second-order valence-corrected chi connectivity index (χ2v) is 5.19. The first kappa shape index (κ1) is 12.2. The second-order valence-electron chi connectivity index (χ2n) is 5.19. The maximum Gasteiger partial charge on any atom is 0.225 e. The minimum atomic E-state index is 0.207. The number of hydrogen-bond donors (Lipinski definition) is 1. The monoisotopic (exact) mass is 281 g/mol. The lowest BCUT2D eigenvalue weighted by molar-refractivity contribution is 0.750. The number of anilines is 1. The van der Waals surface area contributed by atoms with Crippen molar-refractivity contribution in [1.29, 1.82) is 0 Å². The fraction of sp³-hybridized carbons (Fsp3) is 0.286. The summed E-state index contributed by atoms with van der Waals surface area (Å²) in [6.45, 7) is 1.71. The van der Waals surface area contributed by atoms with E-state index in [9.17, 15) is 0 Å². The van der Waals surface area contributed by atoms with E-state index in [2.05, 4.69) is 25.1 Å². The van der Waals surface area contributed by atoms with Crippen LogP contribution in [0.2, 0.25) is 0 Å². The standard InChI is InChI=1S/C14H15N7/c15-10-4-7-20(9-10)14-16-6-3-12(19-14)11-8-18-21-13(11)2-1-5-17-21/h1-3,5-6,8,10H,4,7,9,15H2/t10-/m0/s1. The molecule has 0 amide bonds. The molecule has 1 atom stereocenters. The number of fused-ring (bicyclic) bond motifs is 1. The van der Waals surface area contributed by atoms with Crippen LogP contribution in [0.5, 0.6) is 0 Å². The summed E-state index contributed by atoms with van der Waals surface area (Å²) < 4.78 is 1.60. The van der Waals surface area contributed by atoms with Crippen LogP contribution in [0.25, 0.3) is 16.8 Å². The van der Waals surface area contributed by atoms with Gasteiger partial charge in [0.1, 0.15) is 0 Å². The van der Waals surface area contributed by atoms with Crippen LogP contribution < -0.4 is 10.6 Å². The van der Waals surface area contributed by atoms with Crippen LogP contribution in [0.4, 0.5) is 5.95 Å². The van der Waals surface area contributed by atoms with Crippen molar-refractivity contribution in [3.05, 3.63) is 36.8 Å². The molecule has 1 aliphatic heterocycles. The van der Waals surface area contributed by atoms with Crippen molar-refractivity contribution in [3.63, 3.8) is 0 Å². The SMILES string of the molecule is N[C@H]1CCN(c2nccc(-c3cnn4ncccc34)n2)C1. The van der Waals surface area contributed by atoms with E-state index < -0.39 is 0 Å². The summed E-state index contributed by atoms with van der Waals surface area (Å²) in [4.78, 5) is 11.1. The van der Waals surface area contributed by atoms with E-state index in [1.165, 1.54) is 0 Å². The Morgan fingerprint density at radius 1 is 1.19 bits per heavy atom. The maximum atomic E-state index is 5.95. The number of rotatable bonds is 2. The molecule has 7 heteroatoms. The molecule has 1 saturated heterocycles. The van der Waals surface area contributed by atoms with Gasteiger partial charge in [0.05, 0.1) is 17.4 Å². The van der Waals surface area contributed by atoms with Crippen molar-refractivity contribution in [1.82, 2.24) is 24.8 Å². The molecule has 3 aromatic heterocycles. The molecule has 4 heterocycles. The van der Waals surface area contributed by atoms with E-state index in [-0.39, 0.29) is 6.04 Å². The fourth-order valence-corrected chi connectivity index (χ4v) is 2.65. The normalized spacial score (nSPS) is 18.5. The van der Waals surface area contributed by atoms with Crippen molar-refractivity contribution in [2.45, 2.75) is 12.5 Å². The number of nitrogens with zero attached hydrogens (tertiary/aromatic N) is 6. The minimum absolute atomic E-state index is 0.207. The van der Waals surface area contributed by atoms with Gasteiger partial charge in [-0.2, -0.15) is 14.8 Å². The second kappa shape index (κ2) is 4.78. The molecule has 0 radical (unpaired) electrons. The van der Waals surface area contributed by atoms with Crippen molar-refractivity contribution >= 4 is 11.5 Å². The van der Waals surface area contributed by atoms with Crippen LogP contribution in [0, 0.1) is 0 Å². The van der Waals surface area contributed by atoms with Gasteiger partial charge in [-0.05, 0) is 24.6 Å². The zero-order chi connectivity index (χ0) is 14.2. The summed E-state index contributed by atoms with van der Waals surface area (Å²) in [5.41, 5.74) is 8.69. The molecule has 0 aliphatic carbocycles. The molecule has 0 saturated carbocycles. The van der Waals surface area contributed by atoms with Crippen molar-refractivity contribution in [2.24, 2.45) is 5.73 Å². The van der Waals surface area contributed by atoms with E-state index >= 15 is 0 Å². The lowest BCUT2D eigenvalue weighted by Gasteiger charge is -2.15. The Balaban J connectivity index is 1.75. The average molecular weight is 281 g/mol. The summed E-state index contributed by atoms with van der Waals surface area (Å²) in [6, 6.07) is 5.97. The molecule has 21 heavy (non-hydrogen) atoms. The molecule has 3 aromatic rings. The van der Waals surface area contributed by atoms with Crippen LogP contribution in [0.1, 0.15) is 6.42 Å². The van der Waals surface area contributed by atoms with Crippen molar-refractivity contribution in [2.75, 3.05) is 18.0 Å². The average Bonchev–Trinajstić information content (AvgIpc) is 3.13. The quantitative estimate of drug-likeness (QED) is 0.745. The molecule has 0 bridgehead atoms. The molecule has 1 aliphatic rings. The molecule has 0 aromatic carbocycles. The highest BCUT2D eigenvalue weighted by Crippen LogP contribution is 2.24. The highest BCUT2D eigenvalue weighted by Gasteiger charge is 2.21. The van der Waals surface area contributed by atoms with Gasteiger partial charge in [0.2, 0.25) is 5.95 Å². The van der Waals surface area contributed by atoms with Gasteiger partial charge in [-0.3, -0.25) is 0 Å². The predicted molar refractivity (Wildman–Crippen MR) is 78.8 cm³/mol. The van der Waals surface area contributed by atoms with Crippen LogP contribution in [0.15, 0.2) is 36.8 Å². The van der Waals surface area contributed by atoms with Gasteiger partial charge in [0.15, 0.2) is 0 Å². The largest absolute Gasteiger partial charge is 0.339 e. The van der Waals surface area contributed by atoms with E-state index in [1.54, 1.807) is 23.2 Å². The Kier molecular flexibility index (Phi) is 2.78. The lowest BCUT2D eigenvalue weighted by Crippen LogP contribution is -2.27. The number of nitrogens with two attached hydrogens (primary N) is 1. The molecular weight excluding hydrogens is 266 g/mol. The van der Waals surface area contributed by atoms with Crippen LogP contribution in [0.3, 0.4) is 0 Å².